The number of benzene rings is 3. The number of nitrogens with zero attached hydrogens (tertiary/aromatic N) is 2. The predicted molar refractivity (Wildman–Crippen MR) is 169 cm³/mol. The summed E-state index contributed by atoms with van der Waals surface area (Å²) in [5.41, 5.74) is 3.61. The highest BCUT2D eigenvalue weighted by Gasteiger charge is 2.32. The van der Waals surface area contributed by atoms with E-state index < -0.39 is 16.1 Å². The van der Waals surface area contributed by atoms with Gasteiger partial charge in [-0.15, -0.1) is 0 Å². The van der Waals surface area contributed by atoms with Crippen LogP contribution in [0.5, 0.6) is 0 Å². The molecule has 0 aliphatic heterocycles. The Morgan fingerprint density at radius 2 is 1.48 bits per heavy atom. The SMILES string of the molecule is Cc1ccc(CN(C(=O)CCCN(c2ccccc2)S(C)(=O)=O)C(Cc2ccccc2)C(=O)NC2CCCCC2)cc1. The Balaban J connectivity index is 1.58. The number of amides is 2. The Bertz CT molecular complexity index is 1390. The normalized spacial score (nSPS) is 14.6. The highest BCUT2D eigenvalue weighted by atomic mass is 32.2. The summed E-state index contributed by atoms with van der Waals surface area (Å²) in [6.07, 6.45) is 7.31. The molecular weight excluding hydrogens is 546 g/mol. The van der Waals surface area contributed by atoms with E-state index in [0.717, 1.165) is 42.4 Å². The third-order valence-corrected chi connectivity index (χ3v) is 9.09. The topological polar surface area (TPSA) is 86.8 Å². The highest BCUT2D eigenvalue weighted by Crippen LogP contribution is 2.22. The smallest absolute Gasteiger partial charge is 0.243 e. The zero-order valence-corrected chi connectivity index (χ0v) is 25.6. The number of para-hydroxylation sites is 1. The molecule has 1 aliphatic rings. The first-order chi connectivity index (χ1) is 20.2. The van der Waals surface area contributed by atoms with Crippen molar-refractivity contribution in [3.63, 3.8) is 0 Å². The van der Waals surface area contributed by atoms with Gasteiger partial charge in [0, 0.05) is 32.0 Å². The maximum Gasteiger partial charge on any atom is 0.243 e. The van der Waals surface area contributed by atoms with Crippen LogP contribution in [0.2, 0.25) is 0 Å². The van der Waals surface area contributed by atoms with Crippen molar-refractivity contribution in [1.82, 2.24) is 10.2 Å². The van der Waals surface area contributed by atoms with Crippen LogP contribution in [0.3, 0.4) is 0 Å². The van der Waals surface area contributed by atoms with Crippen molar-refractivity contribution >= 4 is 27.5 Å². The molecule has 1 unspecified atom stereocenters. The minimum atomic E-state index is -3.53. The first-order valence-electron chi connectivity index (χ1n) is 14.9. The molecule has 1 saturated carbocycles. The highest BCUT2D eigenvalue weighted by molar-refractivity contribution is 7.92. The summed E-state index contributed by atoms with van der Waals surface area (Å²) in [6.45, 7) is 2.48. The van der Waals surface area contributed by atoms with E-state index in [1.165, 1.54) is 17.0 Å². The van der Waals surface area contributed by atoms with Gasteiger partial charge in [-0.3, -0.25) is 13.9 Å². The third kappa shape index (κ3) is 9.18. The van der Waals surface area contributed by atoms with Gasteiger partial charge in [-0.2, -0.15) is 0 Å². The fourth-order valence-electron chi connectivity index (χ4n) is 5.59. The van der Waals surface area contributed by atoms with Gasteiger partial charge in [-0.1, -0.05) is 97.6 Å². The van der Waals surface area contributed by atoms with Crippen LogP contribution in [0.15, 0.2) is 84.9 Å². The number of carbonyl (C=O) groups excluding carboxylic acids is 2. The lowest BCUT2D eigenvalue weighted by Gasteiger charge is -2.34. The number of carbonyl (C=O) groups is 2. The molecule has 8 heteroatoms. The Labute approximate surface area is 251 Å². The summed E-state index contributed by atoms with van der Waals surface area (Å²) in [6, 6.07) is 26.2. The molecule has 0 heterocycles. The predicted octanol–water partition coefficient (Wildman–Crippen LogP) is 5.63. The molecule has 2 amide bonds. The van der Waals surface area contributed by atoms with Crippen molar-refractivity contribution in [2.75, 3.05) is 17.1 Å². The summed E-state index contributed by atoms with van der Waals surface area (Å²) < 4.78 is 26.5. The second-order valence-corrected chi connectivity index (χ2v) is 13.2. The molecule has 0 radical (unpaired) electrons. The number of rotatable bonds is 13. The lowest BCUT2D eigenvalue weighted by molar-refractivity contribution is -0.141. The molecule has 7 nitrogen and oxygen atoms in total. The quantitative estimate of drug-likeness (QED) is 0.280. The van der Waals surface area contributed by atoms with Gasteiger partial charge >= 0.3 is 0 Å². The fourth-order valence-corrected chi connectivity index (χ4v) is 6.55. The van der Waals surface area contributed by atoms with E-state index in [1.807, 2.05) is 67.6 Å². The minimum absolute atomic E-state index is 0.118. The van der Waals surface area contributed by atoms with Gasteiger partial charge in [0.1, 0.15) is 6.04 Å². The maximum atomic E-state index is 14.0. The van der Waals surface area contributed by atoms with Crippen LogP contribution in [0.1, 0.15) is 61.6 Å². The Hall–Kier alpha value is -3.65. The van der Waals surface area contributed by atoms with Crippen molar-refractivity contribution in [2.45, 2.75) is 76.9 Å². The second kappa shape index (κ2) is 15.0. The van der Waals surface area contributed by atoms with Crippen LogP contribution < -0.4 is 9.62 Å². The van der Waals surface area contributed by atoms with E-state index in [2.05, 4.69) is 5.32 Å². The van der Waals surface area contributed by atoms with E-state index >= 15 is 0 Å². The summed E-state index contributed by atoms with van der Waals surface area (Å²) in [4.78, 5) is 29.6. The van der Waals surface area contributed by atoms with Crippen LogP contribution in [-0.4, -0.2) is 50.0 Å². The molecule has 1 atom stereocenters. The third-order valence-electron chi connectivity index (χ3n) is 7.89. The van der Waals surface area contributed by atoms with Crippen molar-refractivity contribution in [3.8, 4) is 0 Å². The van der Waals surface area contributed by atoms with E-state index in [9.17, 15) is 18.0 Å². The standard InChI is InChI=1S/C34H43N3O4S/c1-27-20-22-29(23-21-27)26-36(33(38)19-12-24-37(42(2,40)41)31-17-10-5-11-18-31)32(25-28-13-6-3-7-14-28)34(39)35-30-15-8-4-9-16-30/h3,5-7,10-11,13-14,17-18,20-23,30,32H,4,8-9,12,15-16,19,24-26H2,1-2H3,(H,35,39). The molecule has 0 spiro atoms. The largest absolute Gasteiger partial charge is 0.352 e. The summed E-state index contributed by atoms with van der Waals surface area (Å²) in [7, 11) is -3.53. The maximum absolute atomic E-state index is 14.0. The van der Waals surface area contributed by atoms with Gasteiger partial charge in [-0.05, 0) is 49.4 Å². The number of nitrogens with one attached hydrogen (secondary N) is 1. The molecule has 1 aliphatic carbocycles. The summed E-state index contributed by atoms with van der Waals surface area (Å²) in [5, 5.41) is 3.26. The first kappa shape index (κ1) is 31.3. The van der Waals surface area contributed by atoms with Crippen molar-refractivity contribution in [1.29, 1.82) is 0 Å². The van der Waals surface area contributed by atoms with Gasteiger partial charge in [0.2, 0.25) is 21.8 Å². The Morgan fingerprint density at radius 1 is 0.857 bits per heavy atom. The molecule has 1 N–H and O–H groups in total. The van der Waals surface area contributed by atoms with Crippen molar-refractivity contribution in [3.05, 3.63) is 102 Å². The average Bonchev–Trinajstić information content (AvgIpc) is 2.99. The van der Waals surface area contributed by atoms with Crippen molar-refractivity contribution < 1.29 is 18.0 Å². The first-order valence-corrected chi connectivity index (χ1v) is 16.8. The average molecular weight is 590 g/mol. The van der Waals surface area contributed by atoms with Gasteiger partial charge in [0.05, 0.1) is 11.9 Å². The molecule has 0 saturated heterocycles. The van der Waals surface area contributed by atoms with Crippen molar-refractivity contribution in [2.24, 2.45) is 0 Å². The summed E-state index contributed by atoms with van der Waals surface area (Å²) >= 11 is 0. The van der Waals surface area contributed by atoms with E-state index in [-0.39, 0.29) is 30.8 Å². The van der Waals surface area contributed by atoms with Gasteiger partial charge in [0.15, 0.2) is 0 Å². The van der Waals surface area contributed by atoms with Gasteiger partial charge in [0.25, 0.3) is 0 Å². The number of aryl methyl sites for hydroxylation is 1. The number of sulfonamides is 1. The lowest BCUT2D eigenvalue weighted by Crippen LogP contribution is -2.52. The molecule has 3 aromatic rings. The van der Waals surface area contributed by atoms with E-state index in [0.29, 0.717) is 25.1 Å². The lowest BCUT2D eigenvalue weighted by atomic mass is 9.94. The molecule has 4 rings (SSSR count). The molecular formula is C34H43N3O4S. The van der Waals surface area contributed by atoms with E-state index in [4.69, 9.17) is 0 Å². The van der Waals surface area contributed by atoms with Gasteiger partial charge in [-0.25, -0.2) is 8.42 Å². The molecule has 42 heavy (non-hydrogen) atoms. The molecule has 0 bridgehead atoms. The molecule has 1 fully saturated rings. The van der Waals surface area contributed by atoms with Crippen LogP contribution in [0.25, 0.3) is 0 Å². The molecule has 0 aromatic heterocycles. The van der Waals surface area contributed by atoms with E-state index in [1.54, 1.807) is 29.2 Å². The Morgan fingerprint density at radius 3 is 2.10 bits per heavy atom. The van der Waals surface area contributed by atoms with Crippen LogP contribution in [-0.2, 0) is 32.6 Å². The number of hydrogen-bond donors (Lipinski definition) is 1. The molecule has 3 aromatic carbocycles. The van der Waals surface area contributed by atoms with Crippen LogP contribution in [0.4, 0.5) is 5.69 Å². The van der Waals surface area contributed by atoms with Crippen LogP contribution in [0, 0.1) is 6.92 Å². The number of hydrogen-bond acceptors (Lipinski definition) is 4. The second-order valence-electron chi connectivity index (χ2n) is 11.3. The van der Waals surface area contributed by atoms with Gasteiger partial charge < -0.3 is 10.2 Å². The zero-order valence-electron chi connectivity index (χ0n) is 24.7. The number of anilines is 1. The molecule has 224 valence electrons. The minimum Gasteiger partial charge on any atom is -0.352 e. The zero-order chi connectivity index (χ0) is 30.0. The Kier molecular flexibility index (Phi) is 11.2. The summed E-state index contributed by atoms with van der Waals surface area (Å²) in [5.74, 6) is -0.301. The monoisotopic (exact) mass is 589 g/mol. The fraction of sp³-hybridized carbons (Fsp3) is 0.412. The van der Waals surface area contributed by atoms with Crippen LogP contribution >= 0.6 is 0 Å².